The van der Waals surface area contributed by atoms with Gasteiger partial charge in [-0.3, -0.25) is 4.79 Å². The minimum atomic E-state index is -0.211. The Labute approximate surface area is 120 Å². The number of nitrogen functional groups attached to an aromatic ring is 1. The van der Waals surface area contributed by atoms with Crippen LogP contribution < -0.4 is 11.1 Å². The van der Waals surface area contributed by atoms with Gasteiger partial charge in [0.1, 0.15) is 4.88 Å². The molecule has 1 aromatic carbocycles. The van der Waals surface area contributed by atoms with Gasteiger partial charge >= 0.3 is 0 Å². The summed E-state index contributed by atoms with van der Waals surface area (Å²) in [6, 6.07) is 5.40. The number of hydrogen-bond donors (Lipinski definition) is 2. The van der Waals surface area contributed by atoms with E-state index < -0.39 is 0 Å². The van der Waals surface area contributed by atoms with E-state index in [0.29, 0.717) is 22.0 Å². The van der Waals surface area contributed by atoms with Crippen LogP contribution in [0.2, 0.25) is 5.02 Å². The number of thiophene rings is 1. The fourth-order valence-electron chi connectivity index (χ4n) is 1.82. The van der Waals surface area contributed by atoms with Gasteiger partial charge in [-0.2, -0.15) is 0 Å². The van der Waals surface area contributed by atoms with E-state index in [1.807, 2.05) is 19.1 Å². The zero-order valence-electron chi connectivity index (χ0n) is 10.4. The highest BCUT2D eigenvalue weighted by atomic mass is 35.5. The van der Waals surface area contributed by atoms with Crippen LogP contribution >= 0.6 is 22.9 Å². The van der Waals surface area contributed by atoms with Gasteiger partial charge in [-0.15, -0.1) is 23.7 Å². The number of terminal acetylenes is 1. The van der Waals surface area contributed by atoms with Crippen molar-refractivity contribution in [2.45, 2.75) is 19.4 Å². The number of rotatable bonds is 3. The van der Waals surface area contributed by atoms with Gasteiger partial charge in [0.25, 0.3) is 5.91 Å². The summed E-state index contributed by atoms with van der Waals surface area (Å²) in [5.74, 6) is 2.30. The average molecular weight is 293 g/mol. The van der Waals surface area contributed by atoms with E-state index in [4.69, 9.17) is 23.8 Å². The highest BCUT2D eigenvalue weighted by Crippen LogP contribution is 2.37. The fraction of sp³-hybridized carbons (Fsp3) is 0.214. The summed E-state index contributed by atoms with van der Waals surface area (Å²) in [6.07, 6.45) is 5.70. The molecule has 0 bridgehead atoms. The molecule has 1 amide bonds. The molecule has 1 heterocycles. The van der Waals surface area contributed by atoms with Crippen LogP contribution in [-0.4, -0.2) is 11.9 Å². The average Bonchev–Trinajstić information content (AvgIpc) is 2.68. The van der Waals surface area contributed by atoms with Gasteiger partial charge in [0.15, 0.2) is 0 Å². The highest BCUT2D eigenvalue weighted by Gasteiger charge is 2.18. The van der Waals surface area contributed by atoms with Crippen molar-refractivity contribution in [3.63, 3.8) is 0 Å². The zero-order chi connectivity index (χ0) is 14.0. The first-order valence-electron chi connectivity index (χ1n) is 5.75. The van der Waals surface area contributed by atoms with Crippen LogP contribution in [0.25, 0.3) is 10.1 Å². The number of amides is 1. The van der Waals surface area contributed by atoms with Gasteiger partial charge in [-0.25, -0.2) is 0 Å². The zero-order valence-corrected chi connectivity index (χ0v) is 11.9. The molecule has 0 fully saturated rings. The lowest BCUT2D eigenvalue weighted by molar-refractivity contribution is 0.0946. The second-order valence-corrected chi connectivity index (χ2v) is 5.70. The van der Waals surface area contributed by atoms with Crippen molar-refractivity contribution < 1.29 is 4.79 Å². The van der Waals surface area contributed by atoms with Crippen molar-refractivity contribution >= 4 is 44.6 Å². The summed E-state index contributed by atoms with van der Waals surface area (Å²) in [5, 5.41) is 4.12. The molecule has 0 radical (unpaired) electrons. The fourth-order valence-corrected chi connectivity index (χ4v) is 3.20. The monoisotopic (exact) mass is 292 g/mol. The van der Waals surface area contributed by atoms with Crippen molar-refractivity contribution in [1.82, 2.24) is 5.32 Å². The molecule has 3 N–H and O–H groups in total. The Morgan fingerprint density at radius 3 is 3.00 bits per heavy atom. The Balaban J connectivity index is 2.36. The molecule has 2 aromatic rings. The van der Waals surface area contributed by atoms with E-state index in [9.17, 15) is 4.79 Å². The van der Waals surface area contributed by atoms with Crippen molar-refractivity contribution in [2.75, 3.05) is 5.73 Å². The lowest BCUT2D eigenvalue weighted by atomic mass is 10.2. The van der Waals surface area contributed by atoms with Crippen LogP contribution in [0.5, 0.6) is 0 Å². The van der Waals surface area contributed by atoms with E-state index >= 15 is 0 Å². The second kappa shape index (κ2) is 5.52. The molecule has 0 aliphatic heterocycles. The number of fused-ring (bicyclic) bond motifs is 1. The van der Waals surface area contributed by atoms with Crippen molar-refractivity contribution in [2.24, 2.45) is 0 Å². The first-order valence-corrected chi connectivity index (χ1v) is 6.95. The summed E-state index contributed by atoms with van der Waals surface area (Å²) < 4.78 is 0.903. The third-order valence-corrected chi connectivity index (χ3v) is 4.19. The Morgan fingerprint density at radius 1 is 1.63 bits per heavy atom. The van der Waals surface area contributed by atoms with Gasteiger partial charge in [-0.1, -0.05) is 17.7 Å². The molecule has 1 aromatic heterocycles. The van der Waals surface area contributed by atoms with E-state index in [2.05, 4.69) is 11.2 Å². The molecule has 2 rings (SSSR count). The molecule has 0 spiro atoms. The van der Waals surface area contributed by atoms with E-state index in [1.165, 1.54) is 11.3 Å². The number of anilines is 1. The van der Waals surface area contributed by atoms with Crippen LogP contribution in [0, 0.1) is 12.3 Å². The standard InChI is InChI=1S/C14H13ClN2OS/c1-3-5-8(2)17-14(18)13-12(16)11-9(15)6-4-7-10(11)19-13/h1,4,6-8H,5,16H2,2H3,(H,17,18). The van der Waals surface area contributed by atoms with Crippen LogP contribution in [0.1, 0.15) is 23.0 Å². The Bertz CT molecular complexity index is 672. The summed E-state index contributed by atoms with van der Waals surface area (Å²) in [7, 11) is 0. The molecule has 5 heteroatoms. The van der Waals surface area contributed by atoms with Crippen LogP contribution in [-0.2, 0) is 0 Å². The number of nitrogens with one attached hydrogen (secondary N) is 1. The molecule has 0 aliphatic carbocycles. The lowest BCUT2D eigenvalue weighted by Crippen LogP contribution is -2.32. The first-order chi connectivity index (χ1) is 9.04. The molecule has 0 saturated carbocycles. The Kier molecular flexibility index (Phi) is 3.98. The van der Waals surface area contributed by atoms with E-state index in [-0.39, 0.29) is 11.9 Å². The Hall–Kier alpha value is -1.70. The first kappa shape index (κ1) is 13.7. The number of carbonyl (C=O) groups is 1. The SMILES string of the molecule is C#CCC(C)NC(=O)c1sc2cccc(Cl)c2c1N. The van der Waals surface area contributed by atoms with Crippen LogP contribution in [0.3, 0.4) is 0 Å². The smallest absolute Gasteiger partial charge is 0.263 e. The van der Waals surface area contributed by atoms with Crippen molar-refractivity contribution in [3.05, 3.63) is 28.1 Å². The molecule has 1 unspecified atom stereocenters. The predicted octanol–water partition coefficient (Wildman–Crippen LogP) is 3.28. The molecular formula is C14H13ClN2OS. The van der Waals surface area contributed by atoms with Gasteiger partial charge in [0, 0.05) is 22.5 Å². The molecular weight excluding hydrogens is 280 g/mol. The maximum absolute atomic E-state index is 12.1. The molecule has 98 valence electrons. The van der Waals surface area contributed by atoms with Gasteiger partial charge < -0.3 is 11.1 Å². The summed E-state index contributed by atoms with van der Waals surface area (Å²) in [6.45, 7) is 1.86. The third kappa shape index (κ3) is 2.67. The number of halogens is 1. The summed E-state index contributed by atoms with van der Waals surface area (Å²) >= 11 is 7.44. The number of benzene rings is 1. The van der Waals surface area contributed by atoms with E-state index in [1.54, 1.807) is 6.07 Å². The third-order valence-electron chi connectivity index (χ3n) is 2.71. The lowest BCUT2D eigenvalue weighted by Gasteiger charge is -2.10. The van der Waals surface area contributed by atoms with E-state index in [0.717, 1.165) is 10.1 Å². The predicted molar refractivity (Wildman–Crippen MR) is 81.6 cm³/mol. The number of hydrogen-bond acceptors (Lipinski definition) is 3. The number of nitrogens with two attached hydrogens (primary N) is 1. The molecule has 1 atom stereocenters. The summed E-state index contributed by atoms with van der Waals surface area (Å²) in [5.41, 5.74) is 6.44. The van der Waals surface area contributed by atoms with Gasteiger partial charge in [-0.05, 0) is 19.1 Å². The maximum Gasteiger partial charge on any atom is 0.263 e. The molecule has 0 saturated heterocycles. The Morgan fingerprint density at radius 2 is 2.37 bits per heavy atom. The van der Waals surface area contributed by atoms with Crippen LogP contribution in [0.15, 0.2) is 18.2 Å². The molecule has 19 heavy (non-hydrogen) atoms. The van der Waals surface area contributed by atoms with Crippen molar-refractivity contribution in [1.29, 1.82) is 0 Å². The van der Waals surface area contributed by atoms with Crippen molar-refractivity contribution in [3.8, 4) is 12.3 Å². The maximum atomic E-state index is 12.1. The van der Waals surface area contributed by atoms with Gasteiger partial charge in [0.05, 0.1) is 10.7 Å². The highest BCUT2D eigenvalue weighted by molar-refractivity contribution is 7.21. The van der Waals surface area contributed by atoms with Crippen LogP contribution in [0.4, 0.5) is 5.69 Å². The number of carbonyl (C=O) groups excluding carboxylic acids is 1. The summed E-state index contributed by atoms with van der Waals surface area (Å²) in [4.78, 5) is 12.6. The minimum absolute atomic E-state index is 0.0856. The molecule has 3 nitrogen and oxygen atoms in total. The quantitative estimate of drug-likeness (QED) is 0.853. The second-order valence-electron chi connectivity index (χ2n) is 4.24. The molecule has 0 aliphatic rings. The minimum Gasteiger partial charge on any atom is -0.397 e. The largest absolute Gasteiger partial charge is 0.397 e. The normalized spacial score (nSPS) is 12.1. The van der Waals surface area contributed by atoms with Gasteiger partial charge in [0.2, 0.25) is 0 Å². The topological polar surface area (TPSA) is 55.1 Å².